The van der Waals surface area contributed by atoms with Crippen molar-refractivity contribution >= 4 is 28.8 Å². The minimum Gasteiger partial charge on any atom is -0.768 e. The Morgan fingerprint density at radius 1 is 1.17 bits per heavy atom. The molecule has 0 aromatic heterocycles. The summed E-state index contributed by atoms with van der Waals surface area (Å²) in [5.74, 6) is 0.443. The molecular weight excluding hydrogens is 406 g/mol. The van der Waals surface area contributed by atoms with Crippen molar-refractivity contribution in [3.8, 4) is 0 Å². The number of carbonyl (C=O) groups is 2. The smallest absolute Gasteiger partial charge is 0.407 e. The lowest BCUT2D eigenvalue weighted by atomic mass is 9.95. The molecule has 0 saturated carbocycles. The summed E-state index contributed by atoms with van der Waals surface area (Å²) in [7, 11) is 0. The van der Waals surface area contributed by atoms with Crippen LogP contribution >= 0.6 is 0 Å². The zero-order valence-corrected chi connectivity index (χ0v) is 18.6. The summed E-state index contributed by atoms with van der Waals surface area (Å²) >= 11 is -2.27. The molecule has 166 valence electrons. The van der Waals surface area contributed by atoms with E-state index in [1.165, 1.54) is 12.1 Å². The number of carbonyl (C=O) groups excluding carboxylic acids is 2. The molecule has 2 heterocycles. The standard InChI is InChI=1S/C21H31N3O5S/c1-21(2,3)29-20(26)22-14-15-8-11-23(12-9-15)18-10-13-24(19(18)25)16-4-6-17(7-5-16)30(27)28/h4-7,15,18H,8-14H2,1-3H3,(H,22,26)(H,27,28)/p-1/t18-/m0/s1. The van der Waals surface area contributed by atoms with Gasteiger partial charge in [0.25, 0.3) is 0 Å². The Kier molecular flexibility index (Phi) is 7.15. The summed E-state index contributed by atoms with van der Waals surface area (Å²) in [6.07, 6.45) is 2.21. The first-order valence-electron chi connectivity index (χ1n) is 10.4. The van der Waals surface area contributed by atoms with Gasteiger partial charge in [-0.1, -0.05) is 0 Å². The Balaban J connectivity index is 1.47. The van der Waals surface area contributed by atoms with Gasteiger partial charge in [-0.05, 0) is 94.4 Å². The van der Waals surface area contributed by atoms with Crippen molar-refractivity contribution in [2.24, 2.45) is 5.92 Å². The van der Waals surface area contributed by atoms with E-state index in [4.69, 9.17) is 4.74 Å². The lowest BCUT2D eigenvalue weighted by Gasteiger charge is -2.35. The first-order chi connectivity index (χ1) is 14.1. The number of nitrogens with one attached hydrogen (secondary N) is 1. The van der Waals surface area contributed by atoms with E-state index in [2.05, 4.69) is 10.2 Å². The third-order valence-electron chi connectivity index (χ3n) is 5.54. The molecule has 0 spiro atoms. The van der Waals surface area contributed by atoms with Crippen LogP contribution in [0.2, 0.25) is 0 Å². The predicted octanol–water partition coefficient (Wildman–Crippen LogP) is 2.27. The van der Waals surface area contributed by atoms with Gasteiger partial charge in [0.2, 0.25) is 5.91 Å². The van der Waals surface area contributed by atoms with Crippen LogP contribution in [0.15, 0.2) is 29.2 Å². The molecule has 1 N–H and O–H groups in total. The largest absolute Gasteiger partial charge is 0.768 e. The van der Waals surface area contributed by atoms with Gasteiger partial charge in [0.15, 0.2) is 0 Å². The van der Waals surface area contributed by atoms with Gasteiger partial charge in [0, 0.05) is 23.7 Å². The molecule has 2 fully saturated rings. The van der Waals surface area contributed by atoms with Crippen molar-refractivity contribution < 1.29 is 23.1 Å². The quantitative estimate of drug-likeness (QED) is 0.711. The average Bonchev–Trinajstić information content (AvgIpc) is 3.07. The van der Waals surface area contributed by atoms with E-state index < -0.39 is 22.8 Å². The predicted molar refractivity (Wildman–Crippen MR) is 113 cm³/mol. The third-order valence-corrected chi connectivity index (χ3v) is 6.20. The number of rotatable bonds is 5. The fraction of sp³-hybridized carbons (Fsp3) is 0.619. The van der Waals surface area contributed by atoms with Gasteiger partial charge in [0.05, 0.1) is 6.04 Å². The highest BCUT2D eigenvalue weighted by molar-refractivity contribution is 7.79. The second-order valence-corrected chi connectivity index (χ2v) is 9.83. The Labute approximate surface area is 180 Å². The number of nitrogens with zero attached hydrogens (tertiary/aromatic N) is 2. The molecule has 2 amide bonds. The van der Waals surface area contributed by atoms with E-state index in [0.29, 0.717) is 19.0 Å². The van der Waals surface area contributed by atoms with Crippen LogP contribution in [-0.4, -0.2) is 63.5 Å². The topological polar surface area (TPSA) is 102 Å². The molecule has 0 bridgehead atoms. The fourth-order valence-corrected chi connectivity index (χ4v) is 4.37. The van der Waals surface area contributed by atoms with Gasteiger partial charge in [0.1, 0.15) is 5.60 Å². The maximum absolute atomic E-state index is 12.9. The number of hydrogen-bond donors (Lipinski definition) is 1. The SMILES string of the molecule is CC(C)(C)OC(=O)NCC1CCN([C@H]2CCN(c3ccc(S(=O)[O-])cc3)C2=O)CC1. The van der Waals surface area contributed by atoms with Crippen LogP contribution in [0.4, 0.5) is 10.5 Å². The second kappa shape index (κ2) is 9.45. The number of ether oxygens (including phenoxy) is 1. The van der Waals surface area contributed by atoms with E-state index in [0.717, 1.165) is 38.0 Å². The Bertz CT molecular complexity index is 785. The van der Waals surface area contributed by atoms with Gasteiger partial charge in [-0.3, -0.25) is 13.9 Å². The first kappa shape index (κ1) is 22.7. The Morgan fingerprint density at radius 2 is 1.80 bits per heavy atom. The second-order valence-electron chi connectivity index (χ2n) is 8.89. The van der Waals surface area contributed by atoms with Crippen molar-refractivity contribution in [3.63, 3.8) is 0 Å². The zero-order chi connectivity index (χ0) is 21.9. The highest BCUT2D eigenvalue weighted by atomic mass is 32.2. The first-order valence-corrected chi connectivity index (χ1v) is 11.4. The van der Waals surface area contributed by atoms with Crippen molar-refractivity contribution in [2.75, 3.05) is 31.1 Å². The molecule has 9 heteroatoms. The summed E-state index contributed by atoms with van der Waals surface area (Å²) in [6.45, 7) is 8.37. The van der Waals surface area contributed by atoms with Crippen LogP contribution in [0.1, 0.15) is 40.0 Å². The van der Waals surface area contributed by atoms with Gasteiger partial charge < -0.3 is 19.5 Å². The van der Waals surface area contributed by atoms with Crippen molar-refractivity contribution in [3.05, 3.63) is 24.3 Å². The molecule has 1 aromatic carbocycles. The summed E-state index contributed by atoms with van der Waals surface area (Å²) in [5, 5.41) is 2.84. The van der Waals surface area contributed by atoms with Crippen LogP contribution in [0, 0.1) is 5.92 Å². The highest BCUT2D eigenvalue weighted by Crippen LogP contribution is 2.28. The van der Waals surface area contributed by atoms with Crippen molar-refractivity contribution in [1.82, 2.24) is 10.2 Å². The molecule has 2 aliphatic rings. The molecule has 1 aromatic rings. The monoisotopic (exact) mass is 436 g/mol. The van der Waals surface area contributed by atoms with Crippen LogP contribution in [0.5, 0.6) is 0 Å². The summed E-state index contributed by atoms with van der Waals surface area (Å²) in [4.78, 5) is 28.9. The average molecular weight is 437 g/mol. The van der Waals surface area contributed by atoms with E-state index in [9.17, 15) is 18.4 Å². The normalized spacial score (nSPS) is 22.2. The number of benzene rings is 1. The molecule has 2 saturated heterocycles. The maximum atomic E-state index is 12.9. The van der Waals surface area contributed by atoms with Crippen molar-refractivity contribution in [1.29, 1.82) is 0 Å². The number of anilines is 1. The third kappa shape index (κ3) is 5.80. The van der Waals surface area contributed by atoms with Gasteiger partial charge >= 0.3 is 6.09 Å². The summed E-state index contributed by atoms with van der Waals surface area (Å²) in [5.41, 5.74) is 0.224. The fourth-order valence-electron chi connectivity index (χ4n) is 4.01. The van der Waals surface area contributed by atoms with E-state index in [-0.39, 0.29) is 16.8 Å². The van der Waals surface area contributed by atoms with Crippen LogP contribution in [0.3, 0.4) is 0 Å². The van der Waals surface area contributed by atoms with Crippen LogP contribution in [-0.2, 0) is 20.6 Å². The minimum atomic E-state index is -2.27. The van der Waals surface area contributed by atoms with Gasteiger partial charge in [-0.2, -0.15) is 0 Å². The Morgan fingerprint density at radius 3 is 2.37 bits per heavy atom. The van der Waals surface area contributed by atoms with Crippen LogP contribution < -0.4 is 10.2 Å². The molecule has 0 aliphatic carbocycles. The van der Waals surface area contributed by atoms with E-state index in [1.807, 2.05) is 20.8 Å². The van der Waals surface area contributed by atoms with Gasteiger partial charge in [-0.25, -0.2) is 4.79 Å². The Hall–Kier alpha value is -1.97. The molecule has 3 rings (SSSR count). The number of hydrogen-bond acceptors (Lipinski definition) is 6. The van der Waals surface area contributed by atoms with Gasteiger partial charge in [-0.15, -0.1) is 0 Å². The highest BCUT2D eigenvalue weighted by Gasteiger charge is 2.38. The zero-order valence-electron chi connectivity index (χ0n) is 17.8. The molecule has 1 unspecified atom stereocenters. The summed E-state index contributed by atoms with van der Waals surface area (Å²) in [6, 6.07) is 6.25. The summed E-state index contributed by atoms with van der Waals surface area (Å²) < 4.78 is 27.3. The van der Waals surface area contributed by atoms with E-state index >= 15 is 0 Å². The molecule has 8 nitrogen and oxygen atoms in total. The van der Waals surface area contributed by atoms with Crippen molar-refractivity contribution in [2.45, 2.75) is 56.6 Å². The number of piperidine rings is 1. The lowest BCUT2D eigenvalue weighted by Crippen LogP contribution is -2.47. The number of likely N-dealkylation sites (tertiary alicyclic amines) is 1. The molecular formula is C21H30N3O5S-. The van der Waals surface area contributed by atoms with E-state index in [1.54, 1.807) is 17.0 Å². The number of alkyl carbamates (subject to hydrolysis) is 1. The number of amides is 2. The lowest BCUT2D eigenvalue weighted by molar-refractivity contribution is -0.122. The molecule has 30 heavy (non-hydrogen) atoms. The molecule has 0 radical (unpaired) electrons. The maximum Gasteiger partial charge on any atom is 0.407 e. The van der Waals surface area contributed by atoms with Crippen LogP contribution in [0.25, 0.3) is 0 Å². The molecule has 2 atom stereocenters. The molecule has 2 aliphatic heterocycles. The minimum absolute atomic E-state index is 0.0660.